The first-order chi connectivity index (χ1) is 18.0. The van der Waals surface area contributed by atoms with Gasteiger partial charge in [-0.1, -0.05) is 36.4 Å². The van der Waals surface area contributed by atoms with Crippen LogP contribution in [0.5, 0.6) is 0 Å². The normalized spacial score (nSPS) is 13.1. The van der Waals surface area contributed by atoms with Crippen molar-refractivity contribution in [2.24, 2.45) is 5.73 Å². The molecule has 3 amide bonds. The van der Waals surface area contributed by atoms with Gasteiger partial charge in [-0.3, -0.25) is 14.4 Å². The summed E-state index contributed by atoms with van der Waals surface area (Å²) in [7, 11) is 0. The molecule has 38 heavy (non-hydrogen) atoms. The van der Waals surface area contributed by atoms with Crippen LogP contribution in [0.25, 0.3) is 0 Å². The van der Waals surface area contributed by atoms with Gasteiger partial charge in [-0.05, 0) is 37.5 Å². The second-order valence-electron chi connectivity index (χ2n) is 8.46. The van der Waals surface area contributed by atoms with Crippen molar-refractivity contribution < 1.29 is 37.1 Å². The first-order valence-corrected chi connectivity index (χ1v) is 12.0. The van der Waals surface area contributed by atoms with Crippen molar-refractivity contribution >= 4 is 23.7 Å². The van der Waals surface area contributed by atoms with Crippen molar-refractivity contribution in [3.63, 3.8) is 0 Å². The number of aromatic nitrogens is 1. The molecule has 2 atom stereocenters. The lowest BCUT2D eigenvalue weighted by Gasteiger charge is -2.22. The second kappa shape index (κ2) is 14.6. The molecule has 1 heterocycles. The molecule has 0 saturated carbocycles. The summed E-state index contributed by atoms with van der Waals surface area (Å²) in [6, 6.07) is 9.72. The smallest absolute Gasteiger partial charge is 0.389 e. The molecule has 0 aliphatic heterocycles. The van der Waals surface area contributed by atoms with E-state index in [-0.39, 0.29) is 43.7 Å². The largest absolute Gasteiger partial charge is 0.463 e. The number of primary amides is 1. The molecular formula is C26H31F3N4O5. The summed E-state index contributed by atoms with van der Waals surface area (Å²) in [5.41, 5.74) is 6.19. The molecule has 0 aliphatic carbocycles. The fraction of sp³-hybridized carbons (Fsp3) is 0.385. The van der Waals surface area contributed by atoms with Gasteiger partial charge in [0.1, 0.15) is 11.7 Å². The van der Waals surface area contributed by atoms with Gasteiger partial charge in [0.05, 0.1) is 6.61 Å². The summed E-state index contributed by atoms with van der Waals surface area (Å²) in [5, 5.41) is 5.31. The number of rotatable bonds is 14. The summed E-state index contributed by atoms with van der Waals surface area (Å²) in [5.74, 6) is -2.52. The van der Waals surface area contributed by atoms with Crippen LogP contribution in [-0.2, 0) is 32.0 Å². The van der Waals surface area contributed by atoms with Crippen LogP contribution in [0.3, 0.4) is 0 Å². The number of amides is 3. The van der Waals surface area contributed by atoms with Gasteiger partial charge in [-0.25, -0.2) is 4.79 Å². The highest BCUT2D eigenvalue weighted by Crippen LogP contribution is 2.22. The quantitative estimate of drug-likeness (QED) is 0.217. The number of benzene rings is 1. The van der Waals surface area contributed by atoms with Crippen LogP contribution in [0, 0.1) is 0 Å². The number of aryl methyl sites for hydroxylation is 1. The Balaban J connectivity index is 2.18. The average Bonchev–Trinajstić information content (AvgIpc) is 3.33. The maximum Gasteiger partial charge on any atom is 0.389 e. The molecule has 2 aromatic rings. The van der Waals surface area contributed by atoms with E-state index in [1.54, 1.807) is 37.3 Å². The lowest BCUT2D eigenvalue weighted by Crippen LogP contribution is -2.50. The third kappa shape index (κ3) is 11.3. The fourth-order valence-electron chi connectivity index (χ4n) is 3.47. The Morgan fingerprint density at radius 3 is 2.42 bits per heavy atom. The third-order valence-electron chi connectivity index (χ3n) is 5.35. The van der Waals surface area contributed by atoms with Crippen LogP contribution in [0.4, 0.5) is 13.2 Å². The molecule has 12 heteroatoms. The van der Waals surface area contributed by atoms with Gasteiger partial charge < -0.3 is 26.1 Å². The highest BCUT2D eigenvalue weighted by molar-refractivity contribution is 5.96. The zero-order chi connectivity index (χ0) is 28.1. The first-order valence-electron chi connectivity index (χ1n) is 12.0. The maximum absolute atomic E-state index is 13.2. The Labute approximate surface area is 218 Å². The first kappa shape index (κ1) is 30.1. The number of nitrogens with one attached hydrogen (secondary N) is 3. The molecule has 0 radical (unpaired) electrons. The van der Waals surface area contributed by atoms with Gasteiger partial charge in [0, 0.05) is 37.1 Å². The van der Waals surface area contributed by atoms with Crippen molar-refractivity contribution in [2.45, 2.75) is 57.3 Å². The number of ether oxygens (including phenoxy) is 1. The van der Waals surface area contributed by atoms with Crippen LogP contribution in [0.2, 0.25) is 0 Å². The van der Waals surface area contributed by atoms with Gasteiger partial charge in [0.25, 0.3) is 5.91 Å². The molecule has 0 saturated heterocycles. The van der Waals surface area contributed by atoms with Gasteiger partial charge >= 0.3 is 12.1 Å². The van der Waals surface area contributed by atoms with E-state index in [1.165, 1.54) is 18.2 Å². The van der Waals surface area contributed by atoms with Crippen LogP contribution < -0.4 is 16.4 Å². The summed E-state index contributed by atoms with van der Waals surface area (Å²) in [4.78, 5) is 51.8. The van der Waals surface area contributed by atoms with Gasteiger partial charge in [-0.15, -0.1) is 0 Å². The monoisotopic (exact) mass is 536 g/mol. The van der Waals surface area contributed by atoms with E-state index in [0.717, 1.165) is 11.6 Å². The van der Waals surface area contributed by atoms with E-state index >= 15 is 0 Å². The molecular weight excluding hydrogens is 505 g/mol. The van der Waals surface area contributed by atoms with E-state index in [9.17, 15) is 32.3 Å². The highest BCUT2D eigenvalue weighted by atomic mass is 19.4. The van der Waals surface area contributed by atoms with Gasteiger partial charge in [-0.2, -0.15) is 13.2 Å². The Bertz CT molecular complexity index is 1120. The number of carbonyl (C=O) groups is 4. The summed E-state index contributed by atoms with van der Waals surface area (Å²) < 4.78 is 42.4. The topological polar surface area (TPSA) is 143 Å². The Morgan fingerprint density at radius 2 is 1.79 bits per heavy atom. The zero-order valence-electron chi connectivity index (χ0n) is 20.8. The molecule has 1 aromatic carbocycles. The Morgan fingerprint density at radius 1 is 1.08 bits per heavy atom. The average molecular weight is 537 g/mol. The number of nitrogens with two attached hydrogens (primary N) is 1. The predicted molar refractivity (Wildman–Crippen MR) is 133 cm³/mol. The zero-order valence-corrected chi connectivity index (χ0v) is 20.8. The molecule has 1 aromatic heterocycles. The van der Waals surface area contributed by atoms with E-state index in [1.807, 2.05) is 0 Å². The Hall–Kier alpha value is -4.09. The molecule has 0 bridgehead atoms. The molecule has 0 spiro atoms. The molecule has 1 unspecified atom stereocenters. The minimum Gasteiger partial charge on any atom is -0.463 e. The van der Waals surface area contributed by atoms with E-state index in [0.29, 0.717) is 0 Å². The minimum absolute atomic E-state index is 0.000483. The van der Waals surface area contributed by atoms with E-state index < -0.39 is 48.4 Å². The maximum atomic E-state index is 13.2. The number of alkyl halides is 3. The van der Waals surface area contributed by atoms with Crippen LogP contribution in [0.1, 0.15) is 47.9 Å². The minimum atomic E-state index is -4.33. The van der Waals surface area contributed by atoms with Crippen molar-refractivity contribution in [2.75, 3.05) is 6.61 Å². The number of carbonyl (C=O) groups excluding carboxylic acids is 4. The number of hydrogen-bond donors (Lipinski definition) is 4. The molecule has 0 aliphatic rings. The number of esters is 1. The number of H-pyrrole nitrogens is 1. The van der Waals surface area contributed by atoms with Crippen molar-refractivity contribution in [3.05, 3.63) is 71.6 Å². The standard InChI is InChI=1S/C26H31F3N4O5/c1-2-38-23(35)13-10-18(9-12-22(30)34)32-25(37)21(16-17-6-4-3-5-7-17)33-24(36)20-11-8-19(31-20)14-15-26(27,28)29/h3-8,10-11,13,18,21,31H,2,9,12,14-16H2,1H3,(H2,30,34)(H,32,37)(H,33,36)/b13-10+/t18?,21-/m0/s1. The molecule has 9 nitrogen and oxygen atoms in total. The van der Waals surface area contributed by atoms with E-state index in [2.05, 4.69) is 15.6 Å². The SMILES string of the molecule is CCOC(=O)/C=C/C(CCC(N)=O)NC(=O)[C@H](Cc1ccccc1)NC(=O)c1ccc(CCC(F)(F)F)[nH]1. The lowest BCUT2D eigenvalue weighted by molar-refractivity contribution is -0.137. The van der Waals surface area contributed by atoms with Crippen LogP contribution in [-0.4, -0.2) is 53.5 Å². The van der Waals surface area contributed by atoms with Crippen molar-refractivity contribution in [1.29, 1.82) is 0 Å². The number of hydrogen-bond acceptors (Lipinski definition) is 5. The molecule has 5 N–H and O–H groups in total. The van der Waals surface area contributed by atoms with Gasteiger partial charge in [0.15, 0.2) is 0 Å². The fourth-order valence-corrected chi connectivity index (χ4v) is 3.47. The predicted octanol–water partition coefficient (Wildman–Crippen LogP) is 2.72. The number of aromatic amines is 1. The Kier molecular flexibility index (Phi) is 11.6. The second-order valence-corrected chi connectivity index (χ2v) is 8.46. The number of halogens is 3. The summed E-state index contributed by atoms with van der Waals surface area (Å²) in [6.45, 7) is 1.79. The van der Waals surface area contributed by atoms with Gasteiger partial charge in [0.2, 0.25) is 11.8 Å². The van der Waals surface area contributed by atoms with Crippen molar-refractivity contribution in [3.8, 4) is 0 Å². The third-order valence-corrected chi connectivity index (χ3v) is 5.35. The molecule has 206 valence electrons. The molecule has 2 rings (SSSR count). The van der Waals surface area contributed by atoms with Crippen molar-refractivity contribution in [1.82, 2.24) is 15.6 Å². The van der Waals surface area contributed by atoms with Crippen LogP contribution in [0.15, 0.2) is 54.6 Å². The molecule has 0 fully saturated rings. The van der Waals surface area contributed by atoms with Crippen LogP contribution >= 0.6 is 0 Å². The lowest BCUT2D eigenvalue weighted by atomic mass is 10.0. The summed E-state index contributed by atoms with van der Waals surface area (Å²) in [6.07, 6.45) is -3.07. The van der Waals surface area contributed by atoms with E-state index in [4.69, 9.17) is 10.5 Å². The highest BCUT2D eigenvalue weighted by Gasteiger charge is 2.27. The summed E-state index contributed by atoms with van der Waals surface area (Å²) >= 11 is 0.